The first-order valence-electron chi connectivity index (χ1n) is 6.15. The maximum atomic E-state index is 11.5. The van der Waals surface area contributed by atoms with Gasteiger partial charge < -0.3 is 5.32 Å². The molecule has 0 radical (unpaired) electrons. The number of hydrogen-bond acceptors (Lipinski definition) is 3. The molecule has 5 heteroatoms. The van der Waals surface area contributed by atoms with Crippen molar-refractivity contribution in [3.05, 3.63) is 34.9 Å². The van der Waals surface area contributed by atoms with Crippen LogP contribution in [0.1, 0.15) is 24.4 Å². The Morgan fingerprint density at radius 1 is 1.22 bits per heavy atom. The van der Waals surface area contributed by atoms with Gasteiger partial charge in [-0.05, 0) is 43.5 Å². The second-order valence-electron chi connectivity index (χ2n) is 4.81. The lowest BCUT2D eigenvalue weighted by Crippen LogP contribution is -2.32. The van der Waals surface area contributed by atoms with Gasteiger partial charge in [0.25, 0.3) is 0 Å². The second kappa shape index (κ2) is 5.59. The van der Waals surface area contributed by atoms with Crippen LogP contribution in [0.15, 0.2) is 24.3 Å². The Kier molecular flexibility index (Phi) is 4.30. The summed E-state index contributed by atoms with van der Waals surface area (Å²) in [6.07, 6.45) is 1.47. The molecular formula is C13H18ClNO2S. The molecule has 1 fully saturated rings. The minimum absolute atomic E-state index is 0.206. The summed E-state index contributed by atoms with van der Waals surface area (Å²) in [4.78, 5) is 0. The summed E-state index contributed by atoms with van der Waals surface area (Å²) in [6, 6.07) is 7.97. The highest BCUT2D eigenvalue weighted by Gasteiger charge is 2.29. The molecule has 0 bridgehead atoms. The molecule has 3 nitrogen and oxygen atoms in total. The van der Waals surface area contributed by atoms with Crippen molar-refractivity contribution < 1.29 is 8.42 Å². The van der Waals surface area contributed by atoms with E-state index >= 15 is 0 Å². The predicted molar refractivity (Wildman–Crippen MR) is 74.6 cm³/mol. The number of sulfone groups is 1. The van der Waals surface area contributed by atoms with Gasteiger partial charge in [0.15, 0.2) is 0 Å². The van der Waals surface area contributed by atoms with Crippen LogP contribution in [-0.2, 0) is 9.84 Å². The average Bonchev–Trinajstić information content (AvgIpc) is 2.34. The van der Waals surface area contributed by atoms with Gasteiger partial charge in [-0.2, -0.15) is 0 Å². The van der Waals surface area contributed by atoms with Gasteiger partial charge in [-0.15, -0.1) is 0 Å². The van der Waals surface area contributed by atoms with Crippen molar-refractivity contribution in [3.63, 3.8) is 0 Å². The highest BCUT2D eigenvalue weighted by atomic mass is 35.5. The summed E-state index contributed by atoms with van der Waals surface area (Å²) >= 11 is 5.88. The Hall–Kier alpha value is -0.580. The summed E-state index contributed by atoms with van der Waals surface area (Å²) in [7, 11) is -0.876. The fourth-order valence-corrected chi connectivity index (χ4v) is 4.24. The first kappa shape index (κ1) is 13.8. The van der Waals surface area contributed by atoms with Crippen molar-refractivity contribution in [2.24, 2.45) is 5.92 Å². The molecule has 100 valence electrons. The quantitative estimate of drug-likeness (QED) is 0.929. The van der Waals surface area contributed by atoms with Gasteiger partial charge in [0.05, 0.1) is 11.5 Å². The number of hydrogen-bond donors (Lipinski definition) is 1. The third kappa shape index (κ3) is 3.25. The van der Waals surface area contributed by atoms with Crippen molar-refractivity contribution in [2.75, 3.05) is 18.6 Å². The van der Waals surface area contributed by atoms with Crippen LogP contribution < -0.4 is 5.32 Å². The monoisotopic (exact) mass is 287 g/mol. The third-order valence-corrected chi connectivity index (χ3v) is 5.58. The standard InChI is InChI=1S/C13H18ClNO2S/c1-15-13(10-2-4-12(14)5-3-10)11-6-8-18(16,17)9-7-11/h2-5,11,13,15H,6-9H2,1H3. The zero-order valence-electron chi connectivity index (χ0n) is 10.4. The van der Waals surface area contributed by atoms with Crippen LogP contribution in [0.3, 0.4) is 0 Å². The minimum Gasteiger partial charge on any atom is -0.313 e. The van der Waals surface area contributed by atoms with Crippen LogP contribution in [0.4, 0.5) is 0 Å². The molecule has 0 aliphatic carbocycles. The molecule has 1 atom stereocenters. The second-order valence-corrected chi connectivity index (χ2v) is 7.55. The van der Waals surface area contributed by atoms with E-state index in [2.05, 4.69) is 5.32 Å². The molecule has 0 spiro atoms. The van der Waals surface area contributed by atoms with E-state index in [1.54, 1.807) is 0 Å². The lowest BCUT2D eigenvalue weighted by atomic mass is 9.88. The normalized spacial score (nSPS) is 21.7. The molecule has 1 aliphatic rings. The van der Waals surface area contributed by atoms with E-state index in [9.17, 15) is 8.42 Å². The molecule has 0 saturated carbocycles. The van der Waals surface area contributed by atoms with Gasteiger partial charge >= 0.3 is 0 Å². The van der Waals surface area contributed by atoms with Gasteiger partial charge in [0.2, 0.25) is 0 Å². The van der Waals surface area contributed by atoms with Crippen LogP contribution in [-0.4, -0.2) is 27.0 Å². The zero-order chi connectivity index (χ0) is 13.2. The summed E-state index contributed by atoms with van der Waals surface area (Å²) in [5.41, 5.74) is 1.17. The number of rotatable bonds is 3. The number of halogens is 1. The molecule has 1 heterocycles. The number of nitrogens with one attached hydrogen (secondary N) is 1. The van der Waals surface area contributed by atoms with Gasteiger partial charge in [-0.25, -0.2) is 8.42 Å². The molecule has 18 heavy (non-hydrogen) atoms. The van der Waals surface area contributed by atoms with Crippen LogP contribution in [0.2, 0.25) is 5.02 Å². The smallest absolute Gasteiger partial charge is 0.150 e. The number of benzene rings is 1. The lowest BCUT2D eigenvalue weighted by Gasteiger charge is -2.30. The minimum atomic E-state index is -2.80. The summed E-state index contributed by atoms with van der Waals surface area (Å²) in [6.45, 7) is 0. The molecule has 0 aromatic heterocycles. The topological polar surface area (TPSA) is 46.2 Å². The fourth-order valence-electron chi connectivity index (χ4n) is 2.59. The zero-order valence-corrected chi connectivity index (χ0v) is 12.0. The highest BCUT2D eigenvalue weighted by Crippen LogP contribution is 2.31. The largest absolute Gasteiger partial charge is 0.313 e. The molecule has 1 aromatic rings. The van der Waals surface area contributed by atoms with Gasteiger partial charge in [0.1, 0.15) is 9.84 Å². The Balaban J connectivity index is 2.12. The molecule has 1 unspecified atom stereocenters. The van der Waals surface area contributed by atoms with Crippen molar-refractivity contribution in [2.45, 2.75) is 18.9 Å². The maximum Gasteiger partial charge on any atom is 0.150 e. The highest BCUT2D eigenvalue weighted by molar-refractivity contribution is 7.91. The maximum absolute atomic E-state index is 11.5. The van der Waals surface area contributed by atoms with E-state index in [1.165, 1.54) is 5.56 Å². The average molecular weight is 288 g/mol. The molecule has 2 rings (SSSR count). The third-order valence-electron chi connectivity index (χ3n) is 3.61. The van der Waals surface area contributed by atoms with E-state index in [0.717, 1.165) is 17.9 Å². The molecule has 1 aromatic carbocycles. The SMILES string of the molecule is CNC(c1ccc(Cl)cc1)C1CCS(=O)(=O)CC1. The van der Waals surface area contributed by atoms with Gasteiger partial charge in [0, 0.05) is 11.1 Å². The van der Waals surface area contributed by atoms with Crippen molar-refractivity contribution in [1.82, 2.24) is 5.32 Å². The molecule has 1 aliphatic heterocycles. The van der Waals surface area contributed by atoms with E-state index in [-0.39, 0.29) is 6.04 Å². The summed E-state index contributed by atoms with van der Waals surface area (Å²) in [5.74, 6) is 0.993. The van der Waals surface area contributed by atoms with E-state index in [1.807, 2.05) is 31.3 Å². The summed E-state index contributed by atoms with van der Waals surface area (Å²) in [5, 5.41) is 4.02. The molecule has 0 amide bonds. The summed E-state index contributed by atoms with van der Waals surface area (Å²) < 4.78 is 22.9. The van der Waals surface area contributed by atoms with Crippen molar-refractivity contribution in [1.29, 1.82) is 0 Å². The Morgan fingerprint density at radius 3 is 2.28 bits per heavy atom. The Labute approximate surface area is 113 Å². The molecule has 1 saturated heterocycles. The Morgan fingerprint density at radius 2 is 1.78 bits per heavy atom. The van der Waals surface area contributed by atoms with Crippen LogP contribution in [0, 0.1) is 5.92 Å². The van der Waals surface area contributed by atoms with E-state index in [0.29, 0.717) is 17.4 Å². The van der Waals surface area contributed by atoms with Gasteiger partial charge in [-0.1, -0.05) is 23.7 Å². The molecule has 1 N–H and O–H groups in total. The van der Waals surface area contributed by atoms with Crippen molar-refractivity contribution in [3.8, 4) is 0 Å². The van der Waals surface area contributed by atoms with Crippen LogP contribution in [0.5, 0.6) is 0 Å². The molecular weight excluding hydrogens is 270 g/mol. The van der Waals surface area contributed by atoms with E-state index in [4.69, 9.17) is 11.6 Å². The fraction of sp³-hybridized carbons (Fsp3) is 0.538. The van der Waals surface area contributed by atoms with Gasteiger partial charge in [-0.3, -0.25) is 0 Å². The Bertz CT molecular complexity index is 484. The lowest BCUT2D eigenvalue weighted by molar-refractivity contribution is 0.350. The first-order chi connectivity index (χ1) is 8.52. The van der Waals surface area contributed by atoms with E-state index < -0.39 is 9.84 Å². The van der Waals surface area contributed by atoms with Crippen LogP contribution in [0.25, 0.3) is 0 Å². The first-order valence-corrected chi connectivity index (χ1v) is 8.35. The predicted octanol–water partition coefficient (Wildman–Crippen LogP) is 2.43. The van der Waals surface area contributed by atoms with Crippen molar-refractivity contribution >= 4 is 21.4 Å². The van der Waals surface area contributed by atoms with Crippen LogP contribution >= 0.6 is 11.6 Å².